The number of Topliss-reactive ketones (excluding diaryl/α,β-unsaturated/α-hetero) is 2. The Bertz CT molecular complexity index is 708. The summed E-state index contributed by atoms with van der Waals surface area (Å²) in [5.74, 6) is 0.770. The zero-order chi connectivity index (χ0) is 23.3. The third kappa shape index (κ3) is 11.7. The number of allylic oxidation sites excluding steroid dienone is 1. The first-order chi connectivity index (χ1) is 13.9. The normalized spacial score (nSPS) is 13.4. The second-order valence-electron chi connectivity index (χ2n) is 9.10. The molecule has 1 aliphatic rings. The van der Waals surface area contributed by atoms with Crippen LogP contribution >= 0.6 is 0 Å². The number of nitrogens with two attached hydrogens (primary N) is 1. The summed E-state index contributed by atoms with van der Waals surface area (Å²) in [5, 5.41) is 8.17. The van der Waals surface area contributed by atoms with Crippen molar-refractivity contribution >= 4 is 17.3 Å². The smallest absolute Gasteiger partial charge is 0.138 e. The molecule has 0 saturated heterocycles. The van der Waals surface area contributed by atoms with Gasteiger partial charge < -0.3 is 15.9 Å². The molecule has 1 aromatic carbocycles. The van der Waals surface area contributed by atoms with Gasteiger partial charge in [-0.3, -0.25) is 4.79 Å². The first-order valence-corrected chi connectivity index (χ1v) is 11.0. The Morgan fingerprint density at radius 3 is 2.03 bits per heavy atom. The van der Waals surface area contributed by atoms with Crippen LogP contribution in [0.4, 0.5) is 0 Å². The largest absolute Gasteiger partial charge is 0.403 e. The Hall–Kier alpha value is -2.23. The van der Waals surface area contributed by atoms with Crippen LogP contribution in [0.25, 0.3) is 0 Å². The molecule has 0 bridgehead atoms. The highest BCUT2D eigenvalue weighted by Gasteiger charge is 2.21. The van der Waals surface area contributed by atoms with E-state index in [0.29, 0.717) is 18.8 Å². The lowest BCUT2D eigenvalue weighted by Gasteiger charge is -2.15. The Kier molecular flexibility index (Phi) is 12.9. The summed E-state index contributed by atoms with van der Waals surface area (Å²) in [5.41, 5.74) is 8.81. The minimum atomic E-state index is -0.296. The fourth-order valence-electron chi connectivity index (χ4n) is 2.97. The van der Waals surface area contributed by atoms with Gasteiger partial charge in [0.05, 0.1) is 0 Å². The van der Waals surface area contributed by atoms with Gasteiger partial charge in [0.1, 0.15) is 11.6 Å². The van der Waals surface area contributed by atoms with E-state index in [4.69, 9.17) is 11.1 Å². The van der Waals surface area contributed by atoms with Gasteiger partial charge in [-0.15, -0.1) is 0 Å². The van der Waals surface area contributed by atoms with Crippen molar-refractivity contribution in [3.05, 3.63) is 47.7 Å². The molecule has 0 radical (unpaired) electrons. The number of aryl methyl sites for hydroxylation is 1. The van der Waals surface area contributed by atoms with Gasteiger partial charge in [0.15, 0.2) is 0 Å². The molecule has 1 aromatic rings. The number of hydrogen-bond donors (Lipinski definition) is 2. The molecule has 1 saturated carbocycles. The lowest BCUT2D eigenvalue weighted by molar-refractivity contribution is -0.128. The topological polar surface area (TPSA) is 84.0 Å². The molecule has 0 atom stereocenters. The zero-order valence-electron chi connectivity index (χ0n) is 19.9. The van der Waals surface area contributed by atoms with Gasteiger partial charge in [-0.2, -0.15) is 0 Å². The molecule has 2 rings (SSSR count). The van der Waals surface area contributed by atoms with Crippen molar-refractivity contribution in [3.8, 4) is 0 Å². The lowest BCUT2D eigenvalue weighted by atomic mass is 9.88. The fraction of sp³-hybridized carbons (Fsp3) is 0.577. The molecule has 168 valence electrons. The van der Waals surface area contributed by atoms with Crippen molar-refractivity contribution in [1.29, 1.82) is 5.41 Å². The van der Waals surface area contributed by atoms with Crippen molar-refractivity contribution in [1.82, 2.24) is 0 Å². The lowest BCUT2D eigenvalue weighted by Crippen LogP contribution is -2.20. The number of carbonyl (C=O) groups excluding carboxylic acids is 2. The van der Waals surface area contributed by atoms with Crippen LogP contribution in [0.1, 0.15) is 90.7 Å². The predicted octanol–water partition coefficient (Wildman–Crippen LogP) is 6.39. The van der Waals surface area contributed by atoms with Gasteiger partial charge in [-0.05, 0) is 44.2 Å². The first-order valence-electron chi connectivity index (χ1n) is 11.0. The Balaban J connectivity index is 0.000000471. The maximum absolute atomic E-state index is 11.2. The van der Waals surface area contributed by atoms with Crippen LogP contribution in [0.15, 0.2) is 36.5 Å². The number of benzene rings is 1. The second-order valence-corrected chi connectivity index (χ2v) is 9.10. The average molecular weight is 415 g/mol. The quantitative estimate of drug-likeness (QED) is 0.529. The van der Waals surface area contributed by atoms with Crippen LogP contribution < -0.4 is 5.73 Å². The highest BCUT2D eigenvalue weighted by atomic mass is 16.1. The van der Waals surface area contributed by atoms with E-state index >= 15 is 0 Å². The van der Waals surface area contributed by atoms with Crippen LogP contribution in [0, 0.1) is 23.7 Å². The van der Waals surface area contributed by atoms with Crippen molar-refractivity contribution in [2.75, 3.05) is 0 Å². The zero-order valence-corrected chi connectivity index (χ0v) is 19.9. The van der Waals surface area contributed by atoms with E-state index in [9.17, 15) is 9.59 Å². The summed E-state index contributed by atoms with van der Waals surface area (Å²) in [6.45, 7) is 14.6. The highest BCUT2D eigenvalue weighted by molar-refractivity contribution is 6.01. The van der Waals surface area contributed by atoms with E-state index in [1.165, 1.54) is 38.2 Å². The van der Waals surface area contributed by atoms with Crippen molar-refractivity contribution < 1.29 is 9.59 Å². The van der Waals surface area contributed by atoms with Crippen LogP contribution in [0.5, 0.6) is 0 Å². The third-order valence-electron chi connectivity index (χ3n) is 5.19. The maximum atomic E-state index is 11.2. The number of hydrogen-bond acceptors (Lipinski definition) is 4. The molecule has 0 amide bonds. The molecule has 1 fully saturated rings. The van der Waals surface area contributed by atoms with Gasteiger partial charge >= 0.3 is 0 Å². The molecule has 4 nitrogen and oxygen atoms in total. The van der Waals surface area contributed by atoms with Crippen molar-refractivity contribution in [3.63, 3.8) is 0 Å². The van der Waals surface area contributed by atoms with Gasteiger partial charge in [0.25, 0.3) is 0 Å². The first kappa shape index (κ1) is 27.8. The Morgan fingerprint density at radius 1 is 1.13 bits per heavy atom. The summed E-state index contributed by atoms with van der Waals surface area (Å²) in [4.78, 5) is 21.7. The van der Waals surface area contributed by atoms with Crippen molar-refractivity contribution in [2.45, 2.75) is 86.5 Å². The molecular formula is C26H42N2O2. The molecule has 0 spiro atoms. The van der Waals surface area contributed by atoms with Crippen molar-refractivity contribution in [2.24, 2.45) is 17.1 Å². The number of nitrogens with one attached hydrogen (secondary N) is 1. The van der Waals surface area contributed by atoms with Gasteiger partial charge in [-0.1, -0.05) is 71.4 Å². The van der Waals surface area contributed by atoms with E-state index in [0.717, 1.165) is 23.4 Å². The minimum absolute atomic E-state index is 0.0857. The molecule has 1 aliphatic carbocycles. The maximum Gasteiger partial charge on any atom is 0.138 e. The van der Waals surface area contributed by atoms with E-state index in [2.05, 4.69) is 25.6 Å². The second kappa shape index (κ2) is 13.9. The number of ketones is 2. The van der Waals surface area contributed by atoms with Crippen LogP contribution in [-0.2, 0) is 9.59 Å². The summed E-state index contributed by atoms with van der Waals surface area (Å²) in [7, 11) is 0. The highest BCUT2D eigenvalue weighted by Crippen LogP contribution is 2.28. The molecule has 3 N–H and O–H groups in total. The molecular weight excluding hydrogens is 372 g/mol. The summed E-state index contributed by atoms with van der Waals surface area (Å²) in [6.07, 6.45) is 6.70. The molecule has 0 unspecified atom stereocenters. The average Bonchev–Trinajstić information content (AvgIpc) is 3.21. The van der Waals surface area contributed by atoms with E-state index in [-0.39, 0.29) is 17.0 Å². The molecule has 30 heavy (non-hydrogen) atoms. The predicted molar refractivity (Wildman–Crippen MR) is 128 cm³/mol. The molecule has 4 heteroatoms. The fourth-order valence-corrected chi connectivity index (χ4v) is 2.97. The number of carbonyl (C=O) groups is 2. The Morgan fingerprint density at radius 2 is 1.63 bits per heavy atom. The van der Waals surface area contributed by atoms with Crippen LogP contribution in [-0.4, -0.2) is 17.3 Å². The Labute approximate surface area is 183 Å². The third-order valence-corrected chi connectivity index (χ3v) is 5.19. The SMILES string of the molecule is C=C(N)CC.CC(=O)CCC(=O)C(C)(C)C.Cc1ccccc1C(=N)C1CCCC1. The molecule has 0 aliphatic heterocycles. The van der Waals surface area contributed by atoms with Crippen LogP contribution in [0.2, 0.25) is 0 Å². The van der Waals surface area contributed by atoms with Gasteiger partial charge in [0, 0.05) is 35.6 Å². The van der Waals surface area contributed by atoms with Crippen LogP contribution in [0.3, 0.4) is 0 Å². The summed E-state index contributed by atoms with van der Waals surface area (Å²) >= 11 is 0. The van der Waals surface area contributed by atoms with E-state index in [1.54, 1.807) is 0 Å². The number of rotatable bonds is 6. The molecule has 0 aromatic heterocycles. The van der Waals surface area contributed by atoms with Gasteiger partial charge in [-0.25, -0.2) is 0 Å². The monoisotopic (exact) mass is 414 g/mol. The van der Waals surface area contributed by atoms with Gasteiger partial charge in [0.2, 0.25) is 0 Å². The summed E-state index contributed by atoms with van der Waals surface area (Å²) < 4.78 is 0. The summed E-state index contributed by atoms with van der Waals surface area (Å²) in [6, 6.07) is 8.25. The minimum Gasteiger partial charge on any atom is -0.403 e. The van der Waals surface area contributed by atoms with E-state index in [1.807, 2.05) is 39.8 Å². The molecule has 0 heterocycles. The van der Waals surface area contributed by atoms with E-state index < -0.39 is 0 Å². The standard InChI is InChI=1S/C13H17N.C9H16O2.C4H9N/c1-10-6-2-5-9-12(10)13(14)11-7-3-4-8-11;1-7(10)5-6-8(11)9(2,3)4;1-3-4(2)5/h2,5-6,9,11,14H,3-4,7-8H2,1H3;5-6H2,1-4H3;2-3,5H2,1H3.